The van der Waals surface area contributed by atoms with E-state index in [4.69, 9.17) is 4.74 Å². The smallest absolute Gasteiger partial charge is 0.321 e. The Balaban J connectivity index is 1.61. The number of rotatable bonds is 2. The van der Waals surface area contributed by atoms with Crippen molar-refractivity contribution < 1.29 is 9.53 Å². The number of nitrogens with one attached hydrogen (secondary N) is 2. The van der Waals surface area contributed by atoms with Crippen molar-refractivity contribution in [3.63, 3.8) is 0 Å². The van der Waals surface area contributed by atoms with Crippen molar-refractivity contribution in [2.24, 2.45) is 5.41 Å². The maximum atomic E-state index is 12.4. The predicted octanol–water partition coefficient (Wildman–Crippen LogP) is 2.30. The number of methoxy groups -OCH3 is 1. The van der Waals surface area contributed by atoms with Crippen LogP contribution in [-0.4, -0.2) is 44.2 Å². The third-order valence-electron chi connectivity index (χ3n) is 4.71. The molecule has 2 aliphatic rings. The van der Waals surface area contributed by atoms with Gasteiger partial charge in [0.1, 0.15) is 5.75 Å². The third kappa shape index (κ3) is 3.13. The zero-order chi connectivity index (χ0) is 14.7. The van der Waals surface area contributed by atoms with E-state index in [0.717, 1.165) is 44.0 Å². The molecule has 1 aromatic rings. The summed E-state index contributed by atoms with van der Waals surface area (Å²) in [5.41, 5.74) is 1.13. The van der Waals surface area contributed by atoms with Gasteiger partial charge in [-0.2, -0.15) is 0 Å². The van der Waals surface area contributed by atoms with E-state index in [9.17, 15) is 4.79 Å². The summed E-state index contributed by atoms with van der Waals surface area (Å²) in [6, 6.07) is 7.48. The van der Waals surface area contributed by atoms with E-state index in [1.165, 1.54) is 12.8 Å². The molecule has 21 heavy (non-hydrogen) atoms. The zero-order valence-corrected chi connectivity index (χ0v) is 12.5. The lowest BCUT2D eigenvalue weighted by molar-refractivity contribution is 0.191. The van der Waals surface area contributed by atoms with Gasteiger partial charge >= 0.3 is 6.03 Å². The van der Waals surface area contributed by atoms with Gasteiger partial charge in [0, 0.05) is 24.8 Å². The van der Waals surface area contributed by atoms with Crippen molar-refractivity contribution in [1.82, 2.24) is 10.2 Å². The van der Waals surface area contributed by atoms with Crippen LogP contribution in [0.3, 0.4) is 0 Å². The molecule has 0 atom stereocenters. The largest absolute Gasteiger partial charge is 0.497 e. The van der Waals surface area contributed by atoms with E-state index in [2.05, 4.69) is 10.6 Å². The Morgan fingerprint density at radius 1 is 1.33 bits per heavy atom. The van der Waals surface area contributed by atoms with Crippen molar-refractivity contribution in [2.45, 2.75) is 19.3 Å². The highest BCUT2D eigenvalue weighted by molar-refractivity contribution is 5.89. The lowest BCUT2D eigenvalue weighted by atomic mass is 9.78. The molecular weight excluding hydrogens is 266 g/mol. The highest BCUT2D eigenvalue weighted by Gasteiger charge is 2.40. The minimum Gasteiger partial charge on any atom is -0.497 e. The number of piperidine rings is 1. The van der Waals surface area contributed by atoms with Gasteiger partial charge in [-0.1, -0.05) is 6.07 Å². The van der Waals surface area contributed by atoms with Gasteiger partial charge in [-0.15, -0.1) is 0 Å². The number of anilines is 1. The van der Waals surface area contributed by atoms with Crippen LogP contribution in [-0.2, 0) is 0 Å². The summed E-state index contributed by atoms with van der Waals surface area (Å²) in [5, 5.41) is 6.37. The van der Waals surface area contributed by atoms with Crippen LogP contribution in [0.4, 0.5) is 10.5 Å². The molecule has 3 rings (SSSR count). The second-order valence-electron chi connectivity index (χ2n) is 6.08. The van der Waals surface area contributed by atoms with Crippen LogP contribution < -0.4 is 15.4 Å². The van der Waals surface area contributed by atoms with Gasteiger partial charge in [0.2, 0.25) is 0 Å². The van der Waals surface area contributed by atoms with Gasteiger partial charge in [0.15, 0.2) is 0 Å². The lowest BCUT2D eigenvalue weighted by Gasteiger charge is -2.33. The number of amides is 2. The first kappa shape index (κ1) is 14.2. The van der Waals surface area contributed by atoms with E-state index < -0.39 is 0 Å². The maximum absolute atomic E-state index is 12.4. The second-order valence-corrected chi connectivity index (χ2v) is 6.08. The monoisotopic (exact) mass is 289 g/mol. The van der Waals surface area contributed by atoms with E-state index in [0.29, 0.717) is 5.41 Å². The highest BCUT2D eigenvalue weighted by Crippen LogP contribution is 2.38. The van der Waals surface area contributed by atoms with E-state index in [1.54, 1.807) is 7.11 Å². The number of hydrogen-bond donors (Lipinski definition) is 2. The molecule has 2 fully saturated rings. The van der Waals surface area contributed by atoms with Crippen LogP contribution in [0.1, 0.15) is 19.3 Å². The normalized spacial score (nSPS) is 20.5. The fraction of sp³-hybridized carbons (Fsp3) is 0.562. The van der Waals surface area contributed by atoms with E-state index in [-0.39, 0.29) is 6.03 Å². The third-order valence-corrected chi connectivity index (χ3v) is 4.71. The summed E-state index contributed by atoms with van der Waals surface area (Å²) in [6.45, 7) is 3.89. The number of benzene rings is 1. The Hall–Kier alpha value is -1.75. The van der Waals surface area contributed by atoms with Gasteiger partial charge < -0.3 is 20.3 Å². The Morgan fingerprint density at radius 3 is 2.90 bits per heavy atom. The van der Waals surface area contributed by atoms with Gasteiger partial charge in [0.05, 0.1) is 7.11 Å². The number of carbonyl (C=O) groups is 1. The number of hydrogen-bond acceptors (Lipinski definition) is 3. The Bertz CT molecular complexity index is 512. The summed E-state index contributed by atoms with van der Waals surface area (Å²) < 4.78 is 5.18. The number of carbonyl (C=O) groups excluding carboxylic acids is 1. The average molecular weight is 289 g/mol. The van der Waals surface area contributed by atoms with Crippen LogP contribution in [0.2, 0.25) is 0 Å². The fourth-order valence-corrected chi connectivity index (χ4v) is 3.38. The molecule has 0 aliphatic carbocycles. The molecule has 2 amide bonds. The molecule has 0 bridgehead atoms. The van der Waals surface area contributed by atoms with Crippen LogP contribution in [0.25, 0.3) is 0 Å². The van der Waals surface area contributed by atoms with Crippen molar-refractivity contribution in [3.05, 3.63) is 24.3 Å². The summed E-state index contributed by atoms with van der Waals surface area (Å²) in [7, 11) is 1.63. The van der Waals surface area contributed by atoms with Crippen LogP contribution in [0.5, 0.6) is 5.75 Å². The number of nitrogens with zero attached hydrogens (tertiary/aromatic N) is 1. The van der Waals surface area contributed by atoms with Crippen LogP contribution >= 0.6 is 0 Å². The quantitative estimate of drug-likeness (QED) is 0.878. The summed E-state index contributed by atoms with van der Waals surface area (Å²) >= 11 is 0. The van der Waals surface area contributed by atoms with Gasteiger partial charge in [0.25, 0.3) is 0 Å². The topological polar surface area (TPSA) is 53.6 Å². The van der Waals surface area contributed by atoms with Crippen molar-refractivity contribution in [3.8, 4) is 5.75 Å². The fourth-order valence-electron chi connectivity index (χ4n) is 3.38. The van der Waals surface area contributed by atoms with Crippen molar-refractivity contribution >= 4 is 11.7 Å². The lowest BCUT2D eigenvalue weighted by Crippen LogP contribution is -2.40. The molecule has 0 unspecified atom stereocenters. The Labute approximate surface area is 125 Å². The number of ether oxygens (including phenoxy) is 1. The Morgan fingerprint density at radius 2 is 2.14 bits per heavy atom. The molecule has 1 aromatic carbocycles. The first-order valence-corrected chi connectivity index (χ1v) is 7.62. The minimum absolute atomic E-state index is 0.00124. The van der Waals surface area contributed by atoms with Gasteiger partial charge in [-0.3, -0.25) is 0 Å². The molecule has 5 nitrogen and oxygen atoms in total. The van der Waals surface area contributed by atoms with Gasteiger partial charge in [-0.05, 0) is 49.9 Å². The first-order valence-electron chi connectivity index (χ1n) is 7.62. The second kappa shape index (κ2) is 5.93. The molecular formula is C16H23N3O2. The maximum Gasteiger partial charge on any atom is 0.321 e. The predicted molar refractivity (Wildman–Crippen MR) is 82.7 cm³/mol. The van der Waals surface area contributed by atoms with E-state index >= 15 is 0 Å². The molecule has 114 valence electrons. The van der Waals surface area contributed by atoms with Gasteiger partial charge in [-0.25, -0.2) is 4.79 Å². The Kier molecular flexibility index (Phi) is 4.01. The van der Waals surface area contributed by atoms with Crippen LogP contribution in [0, 0.1) is 5.41 Å². The number of likely N-dealkylation sites (tertiary alicyclic amines) is 1. The molecule has 0 radical (unpaired) electrons. The molecule has 1 spiro atoms. The average Bonchev–Trinajstić information content (AvgIpc) is 2.92. The van der Waals surface area contributed by atoms with E-state index in [1.807, 2.05) is 29.2 Å². The summed E-state index contributed by atoms with van der Waals surface area (Å²) in [4.78, 5) is 14.3. The first-order chi connectivity index (χ1) is 10.2. The molecule has 5 heteroatoms. The molecule has 2 heterocycles. The van der Waals surface area contributed by atoms with Crippen molar-refractivity contribution in [2.75, 3.05) is 38.6 Å². The SMILES string of the molecule is COc1cccc(NC(=O)N2CCC3(CCNCC3)C2)c1. The number of urea groups is 1. The minimum atomic E-state index is -0.00124. The van der Waals surface area contributed by atoms with Crippen molar-refractivity contribution in [1.29, 1.82) is 0 Å². The summed E-state index contributed by atoms with van der Waals surface area (Å²) in [5.74, 6) is 0.754. The zero-order valence-electron chi connectivity index (χ0n) is 12.5. The summed E-state index contributed by atoms with van der Waals surface area (Å²) in [6.07, 6.45) is 3.48. The molecule has 2 aliphatic heterocycles. The standard InChI is InChI=1S/C16H23N3O2/c1-21-14-4-2-3-13(11-14)18-15(20)19-10-7-16(12-19)5-8-17-9-6-16/h2-4,11,17H,5-10,12H2,1H3,(H,18,20). The van der Waals surface area contributed by atoms with Crippen LogP contribution in [0.15, 0.2) is 24.3 Å². The molecule has 0 aromatic heterocycles. The molecule has 0 saturated carbocycles. The highest BCUT2D eigenvalue weighted by atomic mass is 16.5. The molecule has 2 N–H and O–H groups in total. The molecule has 2 saturated heterocycles.